The molecule has 2 unspecified atom stereocenters. The van der Waals surface area contributed by atoms with E-state index >= 15 is 0 Å². The average Bonchev–Trinajstić information content (AvgIpc) is 2.28. The molecule has 2 rings (SSSR count). The van der Waals surface area contributed by atoms with E-state index in [-0.39, 0.29) is 0 Å². The molecule has 0 aromatic heterocycles. The maximum atomic E-state index is 3.90. The predicted molar refractivity (Wildman–Crippen MR) is 83.3 cm³/mol. The van der Waals surface area contributed by atoms with Crippen molar-refractivity contribution in [1.29, 1.82) is 0 Å². The summed E-state index contributed by atoms with van der Waals surface area (Å²) in [6, 6.07) is 0.812. The van der Waals surface area contributed by atoms with Gasteiger partial charge in [-0.2, -0.15) is 11.8 Å². The van der Waals surface area contributed by atoms with Gasteiger partial charge in [-0.1, -0.05) is 33.1 Å². The Labute approximate surface area is 118 Å². The van der Waals surface area contributed by atoms with Crippen molar-refractivity contribution in [2.45, 2.75) is 76.0 Å². The fourth-order valence-electron chi connectivity index (χ4n) is 3.71. The van der Waals surface area contributed by atoms with Gasteiger partial charge in [-0.15, -0.1) is 0 Å². The minimum Gasteiger partial charge on any atom is -0.313 e. The molecule has 2 fully saturated rings. The molecule has 1 N–H and O–H groups in total. The summed E-state index contributed by atoms with van der Waals surface area (Å²) in [5, 5.41) is 3.90. The summed E-state index contributed by atoms with van der Waals surface area (Å²) in [5.41, 5.74) is 0. The lowest BCUT2D eigenvalue weighted by molar-refractivity contribution is 0.237. The molecule has 0 amide bonds. The van der Waals surface area contributed by atoms with Crippen molar-refractivity contribution in [3.63, 3.8) is 0 Å². The first-order chi connectivity index (χ1) is 8.63. The highest BCUT2D eigenvalue weighted by molar-refractivity contribution is 8.00. The van der Waals surface area contributed by atoms with E-state index in [0.29, 0.717) is 4.75 Å². The van der Waals surface area contributed by atoms with Gasteiger partial charge in [0.2, 0.25) is 0 Å². The molecule has 0 radical (unpaired) electrons. The fraction of sp³-hybridized carbons (Fsp3) is 1.00. The molecule has 2 atom stereocenters. The van der Waals surface area contributed by atoms with Crippen molar-refractivity contribution in [2.75, 3.05) is 12.8 Å². The highest BCUT2D eigenvalue weighted by Gasteiger charge is 2.36. The summed E-state index contributed by atoms with van der Waals surface area (Å²) >= 11 is 2.10. The van der Waals surface area contributed by atoms with Crippen LogP contribution in [0.15, 0.2) is 0 Å². The summed E-state index contributed by atoms with van der Waals surface area (Å²) in [4.78, 5) is 0. The van der Waals surface area contributed by atoms with Gasteiger partial charge in [0, 0.05) is 17.3 Å². The van der Waals surface area contributed by atoms with Gasteiger partial charge in [0.15, 0.2) is 0 Å². The highest BCUT2D eigenvalue weighted by atomic mass is 32.2. The quantitative estimate of drug-likeness (QED) is 0.763. The molecule has 2 aliphatic rings. The molecule has 0 aromatic rings. The molecular formula is C16H31NS. The van der Waals surface area contributed by atoms with Crippen molar-refractivity contribution in [2.24, 2.45) is 11.8 Å². The average molecular weight is 269 g/mol. The standard InChI is InChI=1S/C16H31NS/c1-13(2)10-14-6-4-7-15(11-14)17-12-16(18-3)8-5-9-16/h13-15,17H,4-12H2,1-3H3. The maximum absolute atomic E-state index is 3.90. The molecule has 18 heavy (non-hydrogen) atoms. The minimum atomic E-state index is 0.602. The van der Waals surface area contributed by atoms with Crippen LogP contribution in [0.5, 0.6) is 0 Å². The lowest BCUT2D eigenvalue weighted by Gasteiger charge is -2.42. The van der Waals surface area contributed by atoms with Gasteiger partial charge in [-0.25, -0.2) is 0 Å². The Morgan fingerprint density at radius 2 is 2.00 bits per heavy atom. The Kier molecular flexibility index (Phi) is 5.44. The third kappa shape index (κ3) is 3.90. The van der Waals surface area contributed by atoms with E-state index in [9.17, 15) is 0 Å². The first-order valence-corrected chi connectivity index (χ1v) is 9.14. The predicted octanol–water partition coefficient (Wildman–Crippen LogP) is 4.47. The first-order valence-electron chi connectivity index (χ1n) is 7.92. The Hall–Kier alpha value is 0.310. The molecule has 2 heteroatoms. The van der Waals surface area contributed by atoms with Crippen LogP contribution in [0.25, 0.3) is 0 Å². The molecule has 0 bridgehead atoms. The van der Waals surface area contributed by atoms with Crippen molar-refractivity contribution in [3.05, 3.63) is 0 Å². The van der Waals surface area contributed by atoms with Crippen LogP contribution < -0.4 is 5.32 Å². The van der Waals surface area contributed by atoms with Gasteiger partial charge in [0.05, 0.1) is 0 Å². The molecule has 0 aromatic carbocycles. The second-order valence-corrected chi connectivity index (χ2v) is 8.25. The summed E-state index contributed by atoms with van der Waals surface area (Å²) in [6.07, 6.45) is 13.8. The van der Waals surface area contributed by atoms with Crippen molar-refractivity contribution >= 4 is 11.8 Å². The minimum absolute atomic E-state index is 0.602. The van der Waals surface area contributed by atoms with Crippen LogP contribution in [-0.2, 0) is 0 Å². The van der Waals surface area contributed by atoms with Crippen LogP contribution in [0.3, 0.4) is 0 Å². The van der Waals surface area contributed by atoms with E-state index in [2.05, 4.69) is 37.2 Å². The van der Waals surface area contributed by atoms with Crippen LogP contribution >= 0.6 is 11.8 Å². The van der Waals surface area contributed by atoms with Gasteiger partial charge >= 0.3 is 0 Å². The third-order valence-corrected chi connectivity index (χ3v) is 6.42. The number of nitrogens with one attached hydrogen (secondary N) is 1. The molecule has 0 aliphatic heterocycles. The summed E-state index contributed by atoms with van der Waals surface area (Å²) in [6.45, 7) is 6.00. The van der Waals surface area contributed by atoms with Crippen LogP contribution in [0.1, 0.15) is 65.2 Å². The van der Waals surface area contributed by atoms with E-state index < -0.39 is 0 Å². The zero-order chi connectivity index (χ0) is 13.0. The third-order valence-electron chi connectivity index (χ3n) is 5.00. The van der Waals surface area contributed by atoms with Crippen LogP contribution in [-0.4, -0.2) is 23.6 Å². The van der Waals surface area contributed by atoms with Gasteiger partial charge in [0.1, 0.15) is 0 Å². The first kappa shape index (κ1) is 14.7. The molecule has 0 saturated heterocycles. The number of hydrogen-bond donors (Lipinski definition) is 1. The van der Waals surface area contributed by atoms with Crippen molar-refractivity contribution < 1.29 is 0 Å². The second-order valence-electron chi connectivity index (χ2n) is 6.98. The number of hydrogen-bond acceptors (Lipinski definition) is 2. The largest absolute Gasteiger partial charge is 0.313 e. The molecule has 2 saturated carbocycles. The Morgan fingerprint density at radius 3 is 2.56 bits per heavy atom. The van der Waals surface area contributed by atoms with Gasteiger partial charge in [0.25, 0.3) is 0 Å². The van der Waals surface area contributed by atoms with Gasteiger partial charge in [-0.3, -0.25) is 0 Å². The van der Waals surface area contributed by atoms with E-state index in [1.165, 1.54) is 57.9 Å². The number of thioether (sulfide) groups is 1. The molecule has 0 spiro atoms. The Balaban J connectivity index is 1.72. The van der Waals surface area contributed by atoms with Gasteiger partial charge < -0.3 is 5.32 Å². The van der Waals surface area contributed by atoms with Crippen molar-refractivity contribution in [1.82, 2.24) is 5.32 Å². The maximum Gasteiger partial charge on any atom is 0.0281 e. The van der Waals surface area contributed by atoms with Crippen LogP contribution in [0, 0.1) is 11.8 Å². The van der Waals surface area contributed by atoms with Gasteiger partial charge in [-0.05, 0) is 50.2 Å². The second kappa shape index (κ2) is 6.65. The van der Waals surface area contributed by atoms with E-state index in [1.807, 2.05) is 0 Å². The fourth-order valence-corrected chi connectivity index (χ4v) is 4.64. The number of rotatable bonds is 6. The Bertz CT molecular complexity index is 242. The Morgan fingerprint density at radius 1 is 1.22 bits per heavy atom. The topological polar surface area (TPSA) is 12.0 Å². The SMILES string of the molecule is CSC1(CNC2CCCC(CC(C)C)C2)CCC1. The summed E-state index contributed by atoms with van der Waals surface area (Å²) < 4.78 is 0.602. The summed E-state index contributed by atoms with van der Waals surface area (Å²) in [5.74, 6) is 1.86. The normalized spacial score (nSPS) is 31.3. The summed E-state index contributed by atoms with van der Waals surface area (Å²) in [7, 11) is 0. The van der Waals surface area contributed by atoms with E-state index in [0.717, 1.165) is 17.9 Å². The molecular weight excluding hydrogens is 238 g/mol. The lowest BCUT2D eigenvalue weighted by atomic mass is 9.80. The molecule has 0 heterocycles. The van der Waals surface area contributed by atoms with Crippen LogP contribution in [0.2, 0.25) is 0 Å². The van der Waals surface area contributed by atoms with E-state index in [4.69, 9.17) is 0 Å². The van der Waals surface area contributed by atoms with E-state index in [1.54, 1.807) is 0 Å². The monoisotopic (exact) mass is 269 g/mol. The highest BCUT2D eigenvalue weighted by Crippen LogP contribution is 2.42. The molecule has 2 aliphatic carbocycles. The molecule has 1 nitrogen and oxygen atoms in total. The smallest absolute Gasteiger partial charge is 0.0281 e. The lowest BCUT2D eigenvalue weighted by Crippen LogP contribution is -2.47. The van der Waals surface area contributed by atoms with Crippen LogP contribution in [0.4, 0.5) is 0 Å². The molecule has 106 valence electrons. The van der Waals surface area contributed by atoms with Crippen molar-refractivity contribution in [3.8, 4) is 0 Å². The zero-order valence-electron chi connectivity index (χ0n) is 12.5. The zero-order valence-corrected chi connectivity index (χ0v) is 13.3.